The highest BCUT2D eigenvalue weighted by molar-refractivity contribution is 5.96. The highest BCUT2D eigenvalue weighted by Crippen LogP contribution is 2.46. The van der Waals surface area contributed by atoms with Gasteiger partial charge in [0.25, 0.3) is 0 Å². The van der Waals surface area contributed by atoms with Gasteiger partial charge in [-0.1, -0.05) is 62.1 Å². The third-order valence-electron chi connectivity index (χ3n) is 11.8. The van der Waals surface area contributed by atoms with Crippen LogP contribution in [0.2, 0.25) is 0 Å². The molecule has 0 fully saturated rings. The lowest BCUT2D eigenvalue weighted by molar-refractivity contribution is 0.248. The van der Waals surface area contributed by atoms with Gasteiger partial charge in [0.2, 0.25) is 0 Å². The minimum Gasteiger partial charge on any atom is -0.505 e. The fraction of sp³-hybridized carbons (Fsp3) is 0.200. The molecule has 2 heterocycles. The molecular formula is C55H54N2O6. The zero-order valence-electron chi connectivity index (χ0n) is 37.1. The van der Waals surface area contributed by atoms with Crippen molar-refractivity contribution >= 4 is 34.0 Å². The minimum atomic E-state index is 0.110. The van der Waals surface area contributed by atoms with Gasteiger partial charge in [-0.15, -0.1) is 0 Å². The van der Waals surface area contributed by atoms with Gasteiger partial charge in [-0.3, -0.25) is 0 Å². The van der Waals surface area contributed by atoms with Crippen LogP contribution in [0.25, 0.3) is 67.6 Å². The number of rotatable bonds is 15. The molecule has 8 rings (SSSR count). The molecule has 0 bridgehead atoms. The SMILES string of the molecule is C=Cc1c(/C=C\C)c2ccccc2n1-c1cc(C)cc(-c2cc(OC)ccc2OCCCOc2ccc(OC)cc2-c2cc(C)cc(-n3c(CC)c(C)c4ccccc43)c2O)c1O. The molecule has 63 heavy (non-hydrogen) atoms. The third-order valence-corrected chi connectivity index (χ3v) is 11.8. The molecule has 8 heteroatoms. The van der Waals surface area contributed by atoms with Crippen LogP contribution >= 0.6 is 0 Å². The lowest BCUT2D eigenvalue weighted by atomic mass is 9.99. The van der Waals surface area contributed by atoms with Crippen LogP contribution in [0.4, 0.5) is 0 Å². The fourth-order valence-corrected chi connectivity index (χ4v) is 8.88. The normalized spacial score (nSPS) is 11.5. The molecule has 0 saturated carbocycles. The summed E-state index contributed by atoms with van der Waals surface area (Å²) in [5, 5.41) is 26.6. The van der Waals surface area contributed by atoms with E-state index < -0.39 is 0 Å². The van der Waals surface area contributed by atoms with Crippen LogP contribution in [0.5, 0.6) is 34.5 Å². The van der Waals surface area contributed by atoms with Crippen molar-refractivity contribution in [3.8, 4) is 68.1 Å². The second-order valence-corrected chi connectivity index (χ2v) is 15.8. The minimum absolute atomic E-state index is 0.110. The fourth-order valence-electron chi connectivity index (χ4n) is 8.88. The molecule has 0 unspecified atom stereocenters. The van der Waals surface area contributed by atoms with Crippen molar-refractivity contribution in [3.05, 3.63) is 155 Å². The second-order valence-electron chi connectivity index (χ2n) is 15.8. The zero-order chi connectivity index (χ0) is 44.4. The van der Waals surface area contributed by atoms with E-state index >= 15 is 0 Å². The maximum absolute atomic E-state index is 12.2. The van der Waals surface area contributed by atoms with Crippen molar-refractivity contribution in [2.24, 2.45) is 0 Å². The molecule has 2 aromatic heterocycles. The number of benzene rings is 6. The Kier molecular flexibility index (Phi) is 12.1. The first-order chi connectivity index (χ1) is 30.6. The maximum Gasteiger partial charge on any atom is 0.147 e. The van der Waals surface area contributed by atoms with E-state index in [0.717, 1.165) is 67.6 Å². The monoisotopic (exact) mass is 838 g/mol. The summed E-state index contributed by atoms with van der Waals surface area (Å²) in [4.78, 5) is 0. The number of aromatic nitrogens is 2. The number of hydrogen-bond donors (Lipinski definition) is 2. The number of nitrogens with zero attached hydrogens (tertiary/aromatic N) is 2. The van der Waals surface area contributed by atoms with Crippen LogP contribution in [0, 0.1) is 20.8 Å². The van der Waals surface area contributed by atoms with Crippen molar-refractivity contribution in [2.75, 3.05) is 27.4 Å². The quantitative estimate of drug-likeness (QED) is 0.100. The number of para-hydroxylation sites is 2. The topological polar surface area (TPSA) is 87.2 Å². The largest absolute Gasteiger partial charge is 0.505 e. The Morgan fingerprint density at radius 1 is 0.619 bits per heavy atom. The molecule has 6 aromatic carbocycles. The molecule has 0 aliphatic heterocycles. The number of aromatic hydroxyl groups is 2. The summed E-state index contributed by atoms with van der Waals surface area (Å²) in [6, 6.07) is 35.8. The Hall–Kier alpha value is -7.32. The van der Waals surface area contributed by atoms with Gasteiger partial charge in [-0.05, 0) is 130 Å². The van der Waals surface area contributed by atoms with E-state index in [1.807, 2.05) is 112 Å². The Morgan fingerprint density at radius 3 is 1.63 bits per heavy atom. The van der Waals surface area contributed by atoms with Crippen LogP contribution in [0.15, 0.2) is 122 Å². The number of fused-ring (bicyclic) bond motifs is 2. The standard InChI is InChI=1S/C55H54N2O6/c1-9-17-40-41-19-13-15-21-49(41)57(47(40)11-3)51-31-35(5)29-45(55(51)59)43-33-38(61-8)23-25-53(43)63-27-16-26-62-52-24-22-37(60-7)32-42(52)44-28-34(4)30-50(54(44)58)56-46(10-2)36(6)39-18-12-14-20-48(39)56/h9,11-15,17-25,28-33,58-59H,3,10,16,26-27H2,1-2,4-8H3/b17-9-. The molecule has 320 valence electrons. The first-order valence-corrected chi connectivity index (χ1v) is 21.4. The molecule has 8 aromatic rings. The number of hydrogen-bond acceptors (Lipinski definition) is 6. The molecule has 0 atom stereocenters. The summed E-state index contributed by atoms with van der Waals surface area (Å²) < 4.78 is 28.6. The Morgan fingerprint density at radius 2 is 1.13 bits per heavy atom. The lowest BCUT2D eigenvalue weighted by Gasteiger charge is -2.19. The Bertz CT molecular complexity index is 3040. The molecule has 8 nitrogen and oxygen atoms in total. The molecule has 0 saturated heterocycles. The van der Waals surface area contributed by atoms with Gasteiger partial charge in [0.15, 0.2) is 0 Å². The van der Waals surface area contributed by atoms with E-state index in [4.69, 9.17) is 18.9 Å². The van der Waals surface area contributed by atoms with E-state index in [2.05, 4.69) is 66.0 Å². The Labute approximate surface area is 369 Å². The van der Waals surface area contributed by atoms with E-state index in [9.17, 15) is 10.2 Å². The van der Waals surface area contributed by atoms with Crippen LogP contribution in [-0.4, -0.2) is 46.8 Å². The highest BCUT2D eigenvalue weighted by Gasteiger charge is 2.23. The van der Waals surface area contributed by atoms with Crippen LogP contribution in [-0.2, 0) is 6.42 Å². The number of phenols is 2. The molecule has 0 spiro atoms. The predicted octanol–water partition coefficient (Wildman–Crippen LogP) is 13.3. The van der Waals surface area contributed by atoms with E-state index in [0.29, 0.717) is 65.0 Å². The van der Waals surface area contributed by atoms with Gasteiger partial charge >= 0.3 is 0 Å². The average molecular weight is 839 g/mol. The number of methoxy groups -OCH3 is 2. The highest BCUT2D eigenvalue weighted by atomic mass is 16.5. The average Bonchev–Trinajstić information content (AvgIpc) is 3.77. The summed E-state index contributed by atoms with van der Waals surface area (Å²) in [6.07, 6.45) is 7.29. The van der Waals surface area contributed by atoms with Crippen molar-refractivity contribution in [2.45, 2.75) is 47.5 Å². The lowest BCUT2D eigenvalue weighted by Crippen LogP contribution is -2.07. The summed E-state index contributed by atoms with van der Waals surface area (Å²) in [6.45, 7) is 15.2. The van der Waals surface area contributed by atoms with Gasteiger partial charge in [-0.25, -0.2) is 0 Å². The van der Waals surface area contributed by atoms with Crippen molar-refractivity contribution in [1.29, 1.82) is 0 Å². The van der Waals surface area contributed by atoms with Gasteiger partial charge in [0, 0.05) is 50.7 Å². The molecule has 2 N–H and O–H groups in total. The third kappa shape index (κ3) is 7.78. The number of aryl methyl sites for hydroxylation is 3. The summed E-state index contributed by atoms with van der Waals surface area (Å²) >= 11 is 0. The molecule has 0 aliphatic rings. The van der Waals surface area contributed by atoms with Gasteiger partial charge in [0.1, 0.15) is 34.5 Å². The second kappa shape index (κ2) is 18.0. The maximum atomic E-state index is 12.2. The molecule has 0 amide bonds. The first kappa shape index (κ1) is 42.4. The van der Waals surface area contributed by atoms with Gasteiger partial charge in [-0.2, -0.15) is 0 Å². The predicted molar refractivity (Wildman–Crippen MR) is 258 cm³/mol. The Balaban J connectivity index is 1.08. The van der Waals surface area contributed by atoms with Gasteiger partial charge in [0.05, 0.1) is 55.5 Å². The van der Waals surface area contributed by atoms with Crippen LogP contribution in [0.3, 0.4) is 0 Å². The molecule has 0 radical (unpaired) electrons. The summed E-state index contributed by atoms with van der Waals surface area (Å²) in [5.74, 6) is 2.77. The number of ether oxygens (including phenoxy) is 4. The zero-order valence-corrected chi connectivity index (χ0v) is 37.1. The number of allylic oxidation sites excluding steroid dienone is 1. The first-order valence-electron chi connectivity index (χ1n) is 21.4. The summed E-state index contributed by atoms with van der Waals surface area (Å²) in [7, 11) is 3.26. The van der Waals surface area contributed by atoms with Crippen LogP contribution < -0.4 is 18.9 Å². The van der Waals surface area contributed by atoms with Crippen molar-refractivity contribution in [1.82, 2.24) is 9.13 Å². The van der Waals surface area contributed by atoms with E-state index in [1.54, 1.807) is 14.2 Å². The molecular weight excluding hydrogens is 785 g/mol. The van der Waals surface area contributed by atoms with E-state index in [-0.39, 0.29) is 11.5 Å². The van der Waals surface area contributed by atoms with Crippen molar-refractivity contribution in [3.63, 3.8) is 0 Å². The van der Waals surface area contributed by atoms with Crippen LogP contribution in [0.1, 0.15) is 53.9 Å². The number of phenolic OH excluding ortho intramolecular Hbond substituents is 2. The van der Waals surface area contributed by atoms with E-state index in [1.165, 1.54) is 5.56 Å². The summed E-state index contributed by atoms with van der Waals surface area (Å²) in [5.41, 5.74) is 12.3. The van der Waals surface area contributed by atoms with Crippen molar-refractivity contribution < 1.29 is 29.2 Å². The van der Waals surface area contributed by atoms with Gasteiger partial charge < -0.3 is 38.3 Å². The smallest absolute Gasteiger partial charge is 0.147 e. The molecule has 0 aliphatic carbocycles.